The van der Waals surface area contributed by atoms with Gasteiger partial charge in [0.25, 0.3) is 0 Å². The van der Waals surface area contributed by atoms with E-state index in [-0.39, 0.29) is 0 Å². The van der Waals surface area contributed by atoms with Crippen LogP contribution >= 0.6 is 11.8 Å². The van der Waals surface area contributed by atoms with Crippen molar-refractivity contribution >= 4 is 11.8 Å². The number of hydrogen-bond donors (Lipinski definition) is 0. The number of thioether (sulfide) groups is 1. The summed E-state index contributed by atoms with van der Waals surface area (Å²) in [5.74, 6) is 2.40. The van der Waals surface area contributed by atoms with E-state index in [0.717, 1.165) is 6.54 Å². The highest BCUT2D eigenvalue weighted by atomic mass is 32.2. The Bertz CT molecular complexity index is 47.8. The standard InChI is InChI=1S/C6H15NS/c1-4-7(3)6-8-5-2/h4-6H2,1-3H3. The van der Waals surface area contributed by atoms with Crippen LogP contribution in [-0.2, 0) is 0 Å². The minimum atomic E-state index is 1.16. The summed E-state index contributed by atoms with van der Waals surface area (Å²) in [5.41, 5.74) is 0. The van der Waals surface area contributed by atoms with Crippen molar-refractivity contribution in [3.8, 4) is 0 Å². The Morgan fingerprint density at radius 3 is 2.38 bits per heavy atom. The lowest BCUT2D eigenvalue weighted by Gasteiger charge is -2.11. The third-order valence-electron chi connectivity index (χ3n) is 1.06. The molecule has 0 radical (unpaired) electrons. The SMILES string of the molecule is CCSCN(C)CC. The molecule has 0 aromatic heterocycles. The van der Waals surface area contributed by atoms with Gasteiger partial charge in [-0.2, -0.15) is 0 Å². The van der Waals surface area contributed by atoms with Crippen molar-refractivity contribution in [3.05, 3.63) is 0 Å². The van der Waals surface area contributed by atoms with E-state index in [1.54, 1.807) is 0 Å². The van der Waals surface area contributed by atoms with Gasteiger partial charge in [0.1, 0.15) is 0 Å². The molecule has 0 bridgehead atoms. The molecule has 0 rings (SSSR count). The molecule has 0 saturated heterocycles. The molecule has 1 nitrogen and oxygen atoms in total. The van der Waals surface area contributed by atoms with Crippen LogP contribution in [0.25, 0.3) is 0 Å². The number of hydrogen-bond acceptors (Lipinski definition) is 2. The second-order valence-electron chi connectivity index (χ2n) is 1.79. The van der Waals surface area contributed by atoms with Crippen molar-refractivity contribution in [3.63, 3.8) is 0 Å². The summed E-state index contributed by atoms with van der Waals surface area (Å²) in [5, 5.41) is 0. The van der Waals surface area contributed by atoms with E-state index in [1.807, 2.05) is 11.8 Å². The van der Waals surface area contributed by atoms with Crippen molar-refractivity contribution in [1.82, 2.24) is 4.90 Å². The lowest BCUT2D eigenvalue weighted by Crippen LogP contribution is -2.16. The fourth-order valence-electron chi connectivity index (χ4n) is 0.338. The second kappa shape index (κ2) is 5.45. The van der Waals surface area contributed by atoms with Gasteiger partial charge >= 0.3 is 0 Å². The van der Waals surface area contributed by atoms with Crippen LogP contribution in [0.5, 0.6) is 0 Å². The summed E-state index contributed by atoms with van der Waals surface area (Å²) in [4.78, 5) is 2.30. The van der Waals surface area contributed by atoms with Crippen molar-refractivity contribution < 1.29 is 0 Å². The Morgan fingerprint density at radius 1 is 1.38 bits per heavy atom. The predicted molar refractivity (Wildman–Crippen MR) is 41.3 cm³/mol. The van der Waals surface area contributed by atoms with Crippen molar-refractivity contribution in [2.45, 2.75) is 13.8 Å². The molecule has 0 aliphatic heterocycles. The maximum Gasteiger partial charge on any atom is 0.0440 e. The molecular formula is C6H15NS. The molecule has 0 N–H and O–H groups in total. The maximum atomic E-state index is 2.30. The van der Waals surface area contributed by atoms with Gasteiger partial charge in [-0.3, -0.25) is 4.90 Å². The quantitative estimate of drug-likeness (QED) is 0.536. The third kappa shape index (κ3) is 4.47. The Hall–Kier alpha value is 0.310. The van der Waals surface area contributed by atoms with Gasteiger partial charge in [0.2, 0.25) is 0 Å². The molecule has 0 saturated carbocycles. The van der Waals surface area contributed by atoms with Crippen LogP contribution < -0.4 is 0 Å². The fraction of sp³-hybridized carbons (Fsp3) is 1.00. The van der Waals surface area contributed by atoms with Crippen LogP contribution in [0, 0.1) is 0 Å². The predicted octanol–water partition coefficient (Wildman–Crippen LogP) is 1.65. The van der Waals surface area contributed by atoms with Gasteiger partial charge in [-0.1, -0.05) is 13.8 Å². The highest BCUT2D eigenvalue weighted by Crippen LogP contribution is 1.99. The van der Waals surface area contributed by atoms with Crippen molar-refractivity contribution in [2.75, 3.05) is 25.2 Å². The van der Waals surface area contributed by atoms with Gasteiger partial charge in [0, 0.05) is 5.88 Å². The zero-order valence-electron chi connectivity index (χ0n) is 5.98. The van der Waals surface area contributed by atoms with Crippen LogP contribution in [0.4, 0.5) is 0 Å². The molecule has 0 spiro atoms. The van der Waals surface area contributed by atoms with E-state index >= 15 is 0 Å². The molecule has 0 fully saturated rings. The molecule has 50 valence electrons. The smallest absolute Gasteiger partial charge is 0.0440 e. The van der Waals surface area contributed by atoms with Crippen LogP contribution in [-0.4, -0.2) is 30.1 Å². The number of nitrogens with zero attached hydrogens (tertiary/aromatic N) is 1. The first kappa shape index (κ1) is 8.31. The van der Waals surface area contributed by atoms with E-state index in [4.69, 9.17) is 0 Å². The molecule has 0 aromatic carbocycles. The zero-order chi connectivity index (χ0) is 6.41. The highest BCUT2D eigenvalue weighted by Gasteiger charge is 1.89. The van der Waals surface area contributed by atoms with Crippen molar-refractivity contribution in [2.24, 2.45) is 0 Å². The van der Waals surface area contributed by atoms with Gasteiger partial charge in [0.05, 0.1) is 0 Å². The summed E-state index contributed by atoms with van der Waals surface area (Å²) in [6, 6.07) is 0. The van der Waals surface area contributed by atoms with Crippen LogP contribution in [0.15, 0.2) is 0 Å². The van der Waals surface area contributed by atoms with Crippen LogP contribution in [0.2, 0.25) is 0 Å². The third-order valence-corrected chi connectivity index (χ3v) is 2.09. The Balaban J connectivity index is 2.86. The number of rotatable bonds is 4. The van der Waals surface area contributed by atoms with Gasteiger partial charge < -0.3 is 0 Å². The molecule has 0 aromatic rings. The molecule has 2 heteroatoms. The zero-order valence-corrected chi connectivity index (χ0v) is 6.79. The molecule has 0 aliphatic rings. The minimum Gasteiger partial charge on any atom is -0.297 e. The second-order valence-corrected chi connectivity index (χ2v) is 3.04. The molecule has 0 heterocycles. The van der Waals surface area contributed by atoms with Gasteiger partial charge in [-0.25, -0.2) is 0 Å². The first-order valence-corrected chi connectivity index (χ1v) is 4.23. The first-order chi connectivity index (χ1) is 3.81. The average Bonchev–Trinajstić information content (AvgIpc) is 1.83. The molecular weight excluding hydrogens is 118 g/mol. The summed E-state index contributed by atoms with van der Waals surface area (Å²) in [6.07, 6.45) is 0. The normalized spacial score (nSPS) is 10.5. The molecule has 0 atom stereocenters. The topological polar surface area (TPSA) is 3.24 Å². The van der Waals surface area contributed by atoms with E-state index in [9.17, 15) is 0 Å². The van der Waals surface area contributed by atoms with Crippen molar-refractivity contribution in [1.29, 1.82) is 0 Å². The van der Waals surface area contributed by atoms with Crippen LogP contribution in [0.3, 0.4) is 0 Å². The van der Waals surface area contributed by atoms with E-state index < -0.39 is 0 Å². The largest absolute Gasteiger partial charge is 0.297 e. The monoisotopic (exact) mass is 133 g/mol. The summed E-state index contributed by atoms with van der Waals surface area (Å²) in [6.45, 7) is 5.53. The van der Waals surface area contributed by atoms with E-state index in [2.05, 4.69) is 25.8 Å². The van der Waals surface area contributed by atoms with Gasteiger partial charge in [-0.15, -0.1) is 11.8 Å². The van der Waals surface area contributed by atoms with E-state index in [1.165, 1.54) is 11.6 Å². The first-order valence-electron chi connectivity index (χ1n) is 3.07. The Kier molecular flexibility index (Phi) is 5.66. The average molecular weight is 133 g/mol. The van der Waals surface area contributed by atoms with Gasteiger partial charge in [0.15, 0.2) is 0 Å². The molecule has 8 heavy (non-hydrogen) atoms. The summed E-state index contributed by atoms with van der Waals surface area (Å²) in [7, 11) is 2.14. The summed E-state index contributed by atoms with van der Waals surface area (Å²) < 4.78 is 0. The summed E-state index contributed by atoms with van der Waals surface area (Å²) >= 11 is 1.97. The Morgan fingerprint density at radius 2 is 2.00 bits per heavy atom. The minimum absolute atomic E-state index is 1.16. The van der Waals surface area contributed by atoms with E-state index in [0.29, 0.717) is 0 Å². The lowest BCUT2D eigenvalue weighted by atomic mass is 10.7. The molecule has 0 aliphatic carbocycles. The van der Waals surface area contributed by atoms with Crippen LogP contribution in [0.1, 0.15) is 13.8 Å². The van der Waals surface area contributed by atoms with Gasteiger partial charge in [-0.05, 0) is 19.3 Å². The maximum absolute atomic E-state index is 2.30. The highest BCUT2D eigenvalue weighted by molar-refractivity contribution is 7.99. The lowest BCUT2D eigenvalue weighted by molar-refractivity contribution is 0.417. The fourth-order valence-corrected chi connectivity index (χ4v) is 1.02. The molecule has 0 unspecified atom stereocenters. The molecule has 0 amide bonds. The Labute approximate surface area is 56.4 Å².